The number of benzene rings is 1. The summed E-state index contributed by atoms with van der Waals surface area (Å²) in [6, 6.07) is 13.6. The van der Waals surface area contributed by atoms with Gasteiger partial charge in [0.2, 0.25) is 10.0 Å². The van der Waals surface area contributed by atoms with Crippen molar-refractivity contribution < 1.29 is 13.5 Å². The lowest BCUT2D eigenvalue weighted by Gasteiger charge is -2.32. The summed E-state index contributed by atoms with van der Waals surface area (Å²) in [6.07, 6.45) is 6.50. The number of sulfonamides is 1. The molecule has 0 amide bonds. The summed E-state index contributed by atoms with van der Waals surface area (Å²) in [4.78, 5) is 1.05. The summed E-state index contributed by atoms with van der Waals surface area (Å²) in [5.74, 6) is 0. The van der Waals surface area contributed by atoms with Crippen molar-refractivity contribution >= 4 is 21.4 Å². The lowest BCUT2D eigenvalue weighted by molar-refractivity contribution is 0.199. The third kappa shape index (κ3) is 4.51. The van der Waals surface area contributed by atoms with Crippen molar-refractivity contribution in [3.8, 4) is 10.6 Å². The minimum Gasteiger partial charge on any atom is -0.395 e. The maximum Gasteiger partial charge on any atom is 0.247 e. The Morgan fingerprint density at radius 3 is 2.53 bits per heavy atom. The third-order valence-electron chi connectivity index (χ3n) is 5.56. The summed E-state index contributed by atoms with van der Waals surface area (Å²) < 4.78 is 30.7. The first-order valence-corrected chi connectivity index (χ1v) is 12.7. The molecule has 3 aromatic rings. The fraction of sp³-hybridized carbons (Fsp3) is 0.409. The average molecular weight is 446 g/mol. The normalized spacial score (nSPS) is 15.7. The highest BCUT2D eigenvalue weighted by Crippen LogP contribution is 2.34. The van der Waals surface area contributed by atoms with Gasteiger partial charge in [-0.2, -0.15) is 9.40 Å². The highest BCUT2D eigenvalue weighted by Gasteiger charge is 2.35. The van der Waals surface area contributed by atoms with Crippen molar-refractivity contribution in [1.82, 2.24) is 14.1 Å². The minimum absolute atomic E-state index is 0.0652. The molecule has 0 spiro atoms. The van der Waals surface area contributed by atoms with E-state index >= 15 is 0 Å². The molecule has 1 aliphatic carbocycles. The van der Waals surface area contributed by atoms with Crippen LogP contribution >= 0.6 is 11.3 Å². The Balaban J connectivity index is 1.74. The van der Waals surface area contributed by atoms with Crippen LogP contribution in [-0.4, -0.2) is 46.8 Å². The van der Waals surface area contributed by atoms with Gasteiger partial charge in [-0.1, -0.05) is 55.7 Å². The van der Waals surface area contributed by atoms with E-state index in [1.54, 1.807) is 10.9 Å². The van der Waals surface area contributed by atoms with Crippen molar-refractivity contribution in [2.24, 2.45) is 0 Å². The second-order valence-electron chi connectivity index (χ2n) is 7.63. The van der Waals surface area contributed by atoms with Crippen LogP contribution in [0.25, 0.3) is 10.6 Å². The molecule has 0 aliphatic heterocycles. The minimum atomic E-state index is -3.79. The number of hydrogen-bond acceptors (Lipinski definition) is 5. The number of aliphatic hydroxyl groups is 1. The Morgan fingerprint density at radius 2 is 1.87 bits per heavy atom. The van der Waals surface area contributed by atoms with Crippen LogP contribution in [-0.2, 0) is 16.6 Å². The van der Waals surface area contributed by atoms with Crippen molar-refractivity contribution in [3.63, 3.8) is 0 Å². The molecule has 1 saturated carbocycles. The van der Waals surface area contributed by atoms with Gasteiger partial charge in [-0.25, -0.2) is 8.42 Å². The van der Waals surface area contributed by atoms with Crippen molar-refractivity contribution in [1.29, 1.82) is 0 Å². The fourth-order valence-corrected chi connectivity index (χ4v) is 6.74. The predicted octanol–water partition coefficient (Wildman–Crippen LogP) is 3.98. The molecule has 2 heterocycles. The highest BCUT2D eigenvalue weighted by atomic mass is 32.2. The second kappa shape index (κ2) is 9.43. The maximum absolute atomic E-state index is 13.8. The van der Waals surface area contributed by atoms with E-state index in [2.05, 4.69) is 5.10 Å². The van der Waals surface area contributed by atoms with E-state index in [4.69, 9.17) is 0 Å². The first-order chi connectivity index (χ1) is 14.6. The largest absolute Gasteiger partial charge is 0.395 e. The van der Waals surface area contributed by atoms with Crippen molar-refractivity contribution in [2.75, 3.05) is 13.2 Å². The monoisotopic (exact) mass is 445 g/mol. The molecule has 30 heavy (non-hydrogen) atoms. The van der Waals surface area contributed by atoms with E-state index in [0.717, 1.165) is 42.5 Å². The lowest BCUT2D eigenvalue weighted by Crippen LogP contribution is -2.43. The maximum atomic E-state index is 13.8. The molecular formula is C22H27N3O3S2. The van der Waals surface area contributed by atoms with Crippen LogP contribution in [0.15, 0.2) is 58.9 Å². The molecule has 0 unspecified atom stereocenters. The van der Waals surface area contributed by atoms with Crippen LogP contribution < -0.4 is 0 Å². The molecule has 1 N–H and O–H groups in total. The van der Waals surface area contributed by atoms with Gasteiger partial charge in [0.15, 0.2) is 0 Å². The van der Waals surface area contributed by atoms with Gasteiger partial charge >= 0.3 is 0 Å². The van der Waals surface area contributed by atoms with Gasteiger partial charge in [-0.3, -0.25) is 4.68 Å². The molecule has 0 radical (unpaired) electrons. The van der Waals surface area contributed by atoms with Crippen LogP contribution in [0.2, 0.25) is 0 Å². The Labute approximate surface area is 181 Å². The molecule has 8 heteroatoms. The number of hydrogen-bond donors (Lipinski definition) is 1. The number of nitrogens with zero attached hydrogens (tertiary/aromatic N) is 3. The number of thiophene rings is 1. The molecule has 1 aliphatic rings. The van der Waals surface area contributed by atoms with Crippen molar-refractivity contribution in [2.45, 2.75) is 49.6 Å². The van der Waals surface area contributed by atoms with Gasteiger partial charge in [0.1, 0.15) is 10.6 Å². The van der Waals surface area contributed by atoms with E-state index in [9.17, 15) is 13.5 Å². The Hall–Kier alpha value is -2.00. The van der Waals surface area contributed by atoms with E-state index in [1.165, 1.54) is 15.6 Å². The van der Waals surface area contributed by atoms with Crippen LogP contribution in [0.1, 0.15) is 37.7 Å². The van der Waals surface area contributed by atoms with Gasteiger partial charge in [0, 0.05) is 18.8 Å². The van der Waals surface area contributed by atoms with Gasteiger partial charge in [-0.15, -0.1) is 11.3 Å². The fourth-order valence-electron chi connectivity index (χ4n) is 4.12. The first kappa shape index (κ1) is 21.2. The van der Waals surface area contributed by atoms with Crippen LogP contribution in [0.4, 0.5) is 0 Å². The predicted molar refractivity (Wildman–Crippen MR) is 119 cm³/mol. The Bertz CT molecular complexity index is 1040. The van der Waals surface area contributed by atoms with E-state index < -0.39 is 10.0 Å². The van der Waals surface area contributed by atoms with Gasteiger partial charge in [-0.05, 0) is 29.9 Å². The number of rotatable bonds is 8. The zero-order chi connectivity index (χ0) is 21.0. The van der Waals surface area contributed by atoms with Gasteiger partial charge < -0.3 is 5.11 Å². The smallest absolute Gasteiger partial charge is 0.247 e. The zero-order valence-corrected chi connectivity index (χ0v) is 18.5. The summed E-state index contributed by atoms with van der Waals surface area (Å²) >= 11 is 1.48. The standard InChI is InChI=1S/C22H27N3O3S2/c26-14-13-25(19-10-5-2-6-11-19)30(27,28)21-17-24(16-18-8-3-1-4-9-18)23-22(21)20-12-7-15-29-20/h1,3-4,7-9,12,15,17,19,26H,2,5-6,10-11,13-14,16H2. The molecule has 160 valence electrons. The van der Waals surface area contributed by atoms with Gasteiger partial charge in [0.25, 0.3) is 0 Å². The van der Waals surface area contributed by atoms with Crippen LogP contribution in [0.3, 0.4) is 0 Å². The van der Waals surface area contributed by atoms with Crippen LogP contribution in [0.5, 0.6) is 0 Å². The topological polar surface area (TPSA) is 75.4 Å². The SMILES string of the molecule is O=S(=O)(c1cn(Cc2ccccc2)nc1-c1cccs1)N(CCO)C1CCCCC1. The lowest BCUT2D eigenvalue weighted by atomic mass is 9.95. The quantitative estimate of drug-likeness (QED) is 0.569. The molecule has 6 nitrogen and oxygen atoms in total. The highest BCUT2D eigenvalue weighted by molar-refractivity contribution is 7.89. The molecule has 1 fully saturated rings. The molecule has 0 bridgehead atoms. The van der Waals surface area contributed by atoms with E-state index in [1.807, 2.05) is 47.8 Å². The molecule has 1 aromatic carbocycles. The van der Waals surface area contributed by atoms with E-state index in [0.29, 0.717) is 12.2 Å². The molecule has 2 aromatic heterocycles. The number of aliphatic hydroxyl groups excluding tert-OH is 1. The second-order valence-corrected chi connectivity index (χ2v) is 10.4. The van der Waals surface area contributed by atoms with Gasteiger partial charge in [0.05, 0.1) is 18.0 Å². The van der Waals surface area contributed by atoms with E-state index in [-0.39, 0.29) is 24.1 Å². The number of aromatic nitrogens is 2. The van der Waals surface area contributed by atoms with Crippen molar-refractivity contribution in [3.05, 3.63) is 59.6 Å². The zero-order valence-electron chi connectivity index (χ0n) is 16.9. The Morgan fingerprint density at radius 1 is 1.10 bits per heavy atom. The summed E-state index contributed by atoms with van der Waals surface area (Å²) in [5.41, 5.74) is 1.54. The van der Waals surface area contributed by atoms with Crippen LogP contribution in [0, 0.1) is 0 Å². The molecular weight excluding hydrogens is 418 g/mol. The third-order valence-corrected chi connectivity index (χ3v) is 8.39. The Kier molecular flexibility index (Phi) is 6.67. The first-order valence-electron chi connectivity index (χ1n) is 10.4. The average Bonchev–Trinajstić information content (AvgIpc) is 3.43. The summed E-state index contributed by atoms with van der Waals surface area (Å²) in [5, 5.41) is 16.2. The molecule has 0 saturated heterocycles. The molecule has 0 atom stereocenters. The summed E-state index contributed by atoms with van der Waals surface area (Å²) in [6.45, 7) is 0.418. The summed E-state index contributed by atoms with van der Waals surface area (Å²) in [7, 11) is -3.79. The molecule has 4 rings (SSSR count).